The highest BCUT2D eigenvalue weighted by atomic mass is 16.3. The smallest absolute Gasteiger partial charge is 0.264 e. The Morgan fingerprint density at radius 3 is 2.17 bits per heavy atom. The number of likely N-dealkylation sites (tertiary alicyclic amines) is 1. The van der Waals surface area contributed by atoms with Gasteiger partial charge >= 0.3 is 0 Å². The van der Waals surface area contributed by atoms with Gasteiger partial charge in [0.2, 0.25) is 0 Å². The highest BCUT2D eigenvalue weighted by Crippen LogP contribution is 2.16. The standard InChI is InChI=1S/C7H9N3O2/c1-3(11)4-5(8)6(9)10(2)7(4)12/h8-9,11H,1-2H3. The van der Waals surface area contributed by atoms with Gasteiger partial charge in [-0.2, -0.15) is 0 Å². The Hall–Kier alpha value is -1.65. The van der Waals surface area contributed by atoms with Gasteiger partial charge < -0.3 is 5.11 Å². The van der Waals surface area contributed by atoms with Crippen LogP contribution in [0.4, 0.5) is 0 Å². The SMILES string of the molecule is CC(O)=C1C(=N)C(=N)N(C)C1=O. The van der Waals surface area contributed by atoms with E-state index in [1.54, 1.807) is 0 Å². The Labute approximate surface area is 69.3 Å². The number of nitrogens with zero attached hydrogens (tertiary/aromatic N) is 1. The van der Waals surface area contributed by atoms with Crippen LogP contribution in [0.15, 0.2) is 11.3 Å². The van der Waals surface area contributed by atoms with E-state index in [4.69, 9.17) is 15.9 Å². The lowest BCUT2D eigenvalue weighted by molar-refractivity contribution is -0.121. The molecule has 0 aromatic carbocycles. The molecule has 1 saturated heterocycles. The van der Waals surface area contributed by atoms with Crippen LogP contribution >= 0.6 is 0 Å². The Balaban J connectivity index is 3.27. The van der Waals surface area contributed by atoms with E-state index in [2.05, 4.69) is 0 Å². The van der Waals surface area contributed by atoms with Gasteiger partial charge in [-0.1, -0.05) is 0 Å². The van der Waals surface area contributed by atoms with Gasteiger partial charge in [0.15, 0.2) is 5.84 Å². The van der Waals surface area contributed by atoms with Crippen molar-refractivity contribution in [3.63, 3.8) is 0 Å². The normalized spacial score (nSPS) is 22.2. The first-order valence-electron chi connectivity index (χ1n) is 3.32. The van der Waals surface area contributed by atoms with Gasteiger partial charge in [-0.25, -0.2) is 0 Å². The minimum absolute atomic E-state index is 0.0810. The maximum absolute atomic E-state index is 11.2. The fourth-order valence-corrected chi connectivity index (χ4v) is 0.998. The molecular formula is C7H9N3O2. The third-order valence-corrected chi connectivity index (χ3v) is 1.70. The topological polar surface area (TPSA) is 88.2 Å². The van der Waals surface area contributed by atoms with Crippen LogP contribution in [0, 0.1) is 10.8 Å². The third kappa shape index (κ3) is 0.903. The van der Waals surface area contributed by atoms with Crippen LogP contribution in [0.5, 0.6) is 0 Å². The summed E-state index contributed by atoms with van der Waals surface area (Å²) in [5.41, 5.74) is -0.301. The zero-order valence-electron chi connectivity index (χ0n) is 6.80. The van der Waals surface area contributed by atoms with Gasteiger partial charge in [-0.3, -0.25) is 20.5 Å². The van der Waals surface area contributed by atoms with Crippen molar-refractivity contribution in [1.29, 1.82) is 10.8 Å². The van der Waals surface area contributed by atoms with Gasteiger partial charge in [0.25, 0.3) is 5.91 Å². The van der Waals surface area contributed by atoms with Crippen molar-refractivity contribution in [3.8, 4) is 0 Å². The Kier molecular flexibility index (Phi) is 1.72. The molecule has 0 atom stereocenters. The van der Waals surface area contributed by atoms with E-state index in [1.807, 2.05) is 0 Å². The maximum Gasteiger partial charge on any atom is 0.264 e. The molecule has 5 heteroatoms. The van der Waals surface area contributed by atoms with E-state index in [0.29, 0.717) is 0 Å². The van der Waals surface area contributed by atoms with Gasteiger partial charge in [0, 0.05) is 7.05 Å². The number of carbonyl (C=O) groups is 1. The third-order valence-electron chi connectivity index (χ3n) is 1.70. The fourth-order valence-electron chi connectivity index (χ4n) is 0.998. The Morgan fingerprint density at radius 1 is 1.50 bits per heavy atom. The molecule has 0 unspecified atom stereocenters. The predicted molar refractivity (Wildman–Crippen MR) is 43.6 cm³/mol. The van der Waals surface area contributed by atoms with Crippen LogP contribution in [-0.4, -0.2) is 34.5 Å². The Morgan fingerprint density at radius 2 is 2.00 bits per heavy atom. The van der Waals surface area contributed by atoms with E-state index in [0.717, 1.165) is 4.90 Å². The lowest BCUT2D eigenvalue weighted by atomic mass is 10.1. The molecule has 3 N–H and O–H groups in total. The van der Waals surface area contributed by atoms with Crippen molar-refractivity contribution in [3.05, 3.63) is 11.3 Å². The van der Waals surface area contributed by atoms with Crippen molar-refractivity contribution < 1.29 is 9.90 Å². The summed E-state index contributed by atoms with van der Waals surface area (Å²) in [6.45, 7) is 1.33. The van der Waals surface area contributed by atoms with Crippen molar-refractivity contribution in [1.82, 2.24) is 4.90 Å². The largest absolute Gasteiger partial charge is 0.512 e. The average Bonchev–Trinajstić information content (AvgIpc) is 2.16. The quantitative estimate of drug-likeness (QED) is 0.357. The number of nitrogens with one attached hydrogen (secondary N) is 2. The Bertz CT molecular complexity index is 313. The number of amides is 1. The summed E-state index contributed by atoms with van der Waals surface area (Å²) in [5.74, 6) is -0.882. The van der Waals surface area contributed by atoms with Crippen LogP contribution in [0.25, 0.3) is 0 Å². The second-order valence-electron chi connectivity index (χ2n) is 2.55. The van der Waals surface area contributed by atoms with Gasteiger partial charge in [0.1, 0.15) is 17.0 Å². The van der Waals surface area contributed by atoms with Gasteiger partial charge in [-0.05, 0) is 6.92 Å². The molecule has 12 heavy (non-hydrogen) atoms. The predicted octanol–water partition coefficient (Wildman–Crippen LogP) is 0.287. The molecule has 0 aromatic rings. The van der Waals surface area contributed by atoms with Crippen LogP contribution in [0.1, 0.15) is 6.92 Å². The molecule has 1 aliphatic heterocycles. The molecule has 0 aromatic heterocycles. The molecular weight excluding hydrogens is 158 g/mol. The number of hydrogen-bond donors (Lipinski definition) is 3. The number of likely N-dealkylation sites (N-methyl/N-ethyl adjacent to an activating group) is 1. The molecule has 0 aliphatic carbocycles. The fraction of sp³-hybridized carbons (Fsp3) is 0.286. The maximum atomic E-state index is 11.2. The number of aliphatic hydroxyl groups is 1. The zero-order valence-corrected chi connectivity index (χ0v) is 6.80. The van der Waals surface area contributed by atoms with Crippen LogP contribution in [0.2, 0.25) is 0 Å². The molecule has 1 fully saturated rings. The molecule has 0 radical (unpaired) electrons. The summed E-state index contributed by atoms with van der Waals surface area (Å²) < 4.78 is 0. The van der Waals surface area contributed by atoms with Crippen molar-refractivity contribution in [2.45, 2.75) is 6.92 Å². The number of allylic oxidation sites excluding steroid dienone is 1. The number of carbonyl (C=O) groups excluding carboxylic acids is 1. The summed E-state index contributed by atoms with van der Waals surface area (Å²) in [6, 6.07) is 0. The van der Waals surface area contributed by atoms with E-state index in [9.17, 15) is 4.79 Å². The summed E-state index contributed by atoms with van der Waals surface area (Å²) in [6.07, 6.45) is 0. The number of hydrogen-bond acceptors (Lipinski definition) is 4. The molecule has 1 heterocycles. The first-order valence-corrected chi connectivity index (χ1v) is 3.32. The number of aliphatic hydroxyl groups excluding tert-OH is 1. The molecule has 1 amide bonds. The van der Waals surface area contributed by atoms with E-state index in [-0.39, 0.29) is 22.9 Å². The molecule has 0 bridgehead atoms. The monoisotopic (exact) mass is 167 g/mol. The second-order valence-corrected chi connectivity index (χ2v) is 2.55. The number of amidine groups is 1. The zero-order chi connectivity index (χ0) is 9.46. The van der Waals surface area contributed by atoms with Crippen molar-refractivity contribution in [2.24, 2.45) is 0 Å². The number of rotatable bonds is 0. The highest BCUT2D eigenvalue weighted by molar-refractivity contribution is 6.58. The first-order chi connectivity index (χ1) is 5.46. The summed E-state index contributed by atoms with van der Waals surface area (Å²) >= 11 is 0. The van der Waals surface area contributed by atoms with Crippen LogP contribution < -0.4 is 0 Å². The average molecular weight is 167 g/mol. The molecule has 5 nitrogen and oxygen atoms in total. The van der Waals surface area contributed by atoms with Crippen molar-refractivity contribution >= 4 is 17.5 Å². The second kappa shape index (κ2) is 2.44. The molecule has 1 aliphatic rings. The molecule has 0 spiro atoms. The van der Waals surface area contributed by atoms with Gasteiger partial charge in [-0.15, -0.1) is 0 Å². The van der Waals surface area contributed by atoms with Crippen LogP contribution in [-0.2, 0) is 4.79 Å². The minimum atomic E-state index is -0.495. The van der Waals surface area contributed by atoms with Crippen LogP contribution in [0.3, 0.4) is 0 Å². The lowest BCUT2D eigenvalue weighted by Crippen LogP contribution is -2.25. The van der Waals surface area contributed by atoms with Crippen molar-refractivity contribution in [2.75, 3.05) is 7.05 Å². The lowest BCUT2D eigenvalue weighted by Gasteiger charge is -2.03. The van der Waals surface area contributed by atoms with E-state index < -0.39 is 5.91 Å². The summed E-state index contributed by atoms with van der Waals surface area (Å²) in [7, 11) is 1.40. The van der Waals surface area contributed by atoms with E-state index in [1.165, 1.54) is 14.0 Å². The highest BCUT2D eigenvalue weighted by Gasteiger charge is 2.35. The first kappa shape index (κ1) is 8.45. The molecule has 0 saturated carbocycles. The van der Waals surface area contributed by atoms with Gasteiger partial charge in [0.05, 0.1) is 0 Å². The summed E-state index contributed by atoms with van der Waals surface area (Å²) in [4.78, 5) is 12.2. The molecule has 1 rings (SSSR count). The summed E-state index contributed by atoms with van der Waals surface area (Å²) in [5, 5.41) is 23.6. The minimum Gasteiger partial charge on any atom is -0.512 e. The molecule has 64 valence electrons. The van der Waals surface area contributed by atoms with E-state index >= 15 is 0 Å².